The van der Waals surface area contributed by atoms with Crippen molar-refractivity contribution in [1.82, 2.24) is 0 Å². The summed E-state index contributed by atoms with van der Waals surface area (Å²) in [6.07, 6.45) is 25.0. The highest BCUT2D eigenvalue weighted by Crippen LogP contribution is 2.77. The molecule has 6 fully saturated rings. The number of carbonyl (C=O) groups is 5. The molecule has 0 radical (unpaired) electrons. The molecule has 12 atom stereocenters. The second kappa shape index (κ2) is 16.4. The number of allylic oxidation sites excluding steroid dienone is 14. The molecule has 0 aliphatic heterocycles. The first-order valence-corrected chi connectivity index (χ1v) is 27.2. The molecule has 0 spiro atoms. The zero-order chi connectivity index (χ0) is 52.9. The summed E-state index contributed by atoms with van der Waals surface area (Å²) >= 11 is 0. The average Bonchev–Trinajstić information content (AvgIpc) is 3.30. The Morgan fingerprint density at radius 1 is 0.569 bits per heavy atom. The molecule has 10 nitrogen and oxygen atoms in total. The third-order valence-electron chi connectivity index (χ3n) is 23.4. The van der Waals surface area contributed by atoms with E-state index < -0.39 is 17.0 Å². The van der Waals surface area contributed by atoms with E-state index in [9.17, 15) is 29.1 Å². The minimum atomic E-state index is -0.856. The molecule has 390 valence electrons. The molecule has 10 heteroatoms. The second-order valence-electron chi connectivity index (χ2n) is 27.4. The van der Waals surface area contributed by atoms with Crippen LogP contribution in [0.5, 0.6) is 0 Å². The van der Waals surface area contributed by atoms with Gasteiger partial charge in [-0.1, -0.05) is 105 Å². The van der Waals surface area contributed by atoms with Gasteiger partial charge in [-0.2, -0.15) is 0 Å². The number of hydrogen-bond acceptors (Lipinski definition) is 8. The largest absolute Gasteiger partial charge is 0.514 e. The molecule has 10 aliphatic rings. The number of nitrogens with two attached hydrogens (primary N) is 2. The van der Waals surface area contributed by atoms with E-state index in [0.717, 1.165) is 112 Å². The Morgan fingerprint density at radius 2 is 0.972 bits per heavy atom. The Kier molecular flexibility index (Phi) is 11.9. The minimum absolute atomic E-state index is 0.00676. The van der Waals surface area contributed by atoms with Crippen molar-refractivity contribution in [3.8, 4) is 0 Å². The number of hydrogen-bond donors (Lipinski definition) is 3. The van der Waals surface area contributed by atoms with Crippen LogP contribution in [-0.2, 0) is 28.7 Å². The van der Waals surface area contributed by atoms with Crippen LogP contribution in [0.4, 0.5) is 4.79 Å². The van der Waals surface area contributed by atoms with Gasteiger partial charge >= 0.3 is 6.16 Å². The predicted molar refractivity (Wildman–Crippen MR) is 280 cm³/mol. The standard InChI is InChI=1S/C33H45NO5.C29H39NO3/c1-19(2)38-28(37)39-26-20(3)21-9-10-24-31(6,22(21)17-23(26)35)14-16-33(8)25-18-30(5,27(34)36)12-11-29(25,4)13-15-32(24,33)7;1-17-18-7-8-21-27(4,19(18)15-20(31)23(17)32)12-14-29(6)22-16-26(3,24(30)33)10-9-25(22,2)11-13-28(21,29)5/h9-10,17,19,25H,11-16,18H2,1-8H3,(H2,34,36);7-8,15,22,32H,9-14,16H2,1-6H3,(H2,30,33)/t25-,29-,30-,31+,32-,33+;22-,25-,26-,27+,28-,29+/m11/s1. The lowest BCUT2D eigenvalue weighted by molar-refractivity contribution is -0.168. The summed E-state index contributed by atoms with van der Waals surface area (Å²) in [5.74, 6) is -0.154. The van der Waals surface area contributed by atoms with E-state index in [1.54, 1.807) is 26.0 Å². The van der Waals surface area contributed by atoms with Crippen LogP contribution in [-0.4, -0.2) is 40.7 Å². The number of ketones is 2. The third kappa shape index (κ3) is 7.07. The summed E-state index contributed by atoms with van der Waals surface area (Å²) < 4.78 is 10.5. The topological polar surface area (TPSA) is 176 Å². The number of rotatable bonds is 4. The van der Waals surface area contributed by atoms with Crippen molar-refractivity contribution < 1.29 is 38.6 Å². The first-order chi connectivity index (χ1) is 33.2. The smallest absolute Gasteiger partial charge is 0.504 e. The van der Waals surface area contributed by atoms with Gasteiger partial charge in [-0.25, -0.2) is 4.79 Å². The predicted octanol–water partition coefficient (Wildman–Crippen LogP) is 13.2. The molecule has 2 amide bonds. The number of ether oxygens (including phenoxy) is 2. The van der Waals surface area contributed by atoms with E-state index in [4.69, 9.17) is 20.9 Å². The Bertz CT molecular complexity index is 2760. The normalized spacial score (nSPS) is 43.8. The molecule has 6 saturated carbocycles. The molecule has 0 bridgehead atoms. The number of fused-ring (bicyclic) bond motifs is 14. The van der Waals surface area contributed by atoms with Gasteiger partial charge in [0.2, 0.25) is 23.4 Å². The van der Waals surface area contributed by atoms with Gasteiger partial charge in [-0.3, -0.25) is 19.2 Å². The van der Waals surface area contributed by atoms with Gasteiger partial charge in [-0.15, -0.1) is 0 Å². The minimum Gasteiger partial charge on any atom is -0.504 e. The molecule has 0 saturated heterocycles. The van der Waals surface area contributed by atoms with E-state index in [2.05, 4.69) is 93.5 Å². The molecule has 10 aliphatic carbocycles. The van der Waals surface area contributed by atoms with E-state index in [1.807, 2.05) is 13.8 Å². The monoisotopic (exact) mass is 985 g/mol. The van der Waals surface area contributed by atoms with Crippen LogP contribution in [0.2, 0.25) is 0 Å². The zero-order valence-corrected chi connectivity index (χ0v) is 46.1. The summed E-state index contributed by atoms with van der Waals surface area (Å²) in [5.41, 5.74) is 19.1. The van der Waals surface area contributed by atoms with Crippen LogP contribution in [0.15, 0.2) is 92.6 Å². The number of amides is 2. The lowest BCUT2D eigenvalue weighted by atomic mass is 9.34. The summed E-state index contributed by atoms with van der Waals surface area (Å²) in [7, 11) is 0. The average molecular weight is 985 g/mol. The van der Waals surface area contributed by atoms with Crippen molar-refractivity contribution >= 4 is 29.5 Å². The van der Waals surface area contributed by atoms with Gasteiger partial charge in [0.25, 0.3) is 0 Å². The summed E-state index contributed by atoms with van der Waals surface area (Å²) in [6, 6.07) is 0. The van der Waals surface area contributed by atoms with Crippen molar-refractivity contribution in [2.75, 3.05) is 0 Å². The fourth-order valence-electron chi connectivity index (χ4n) is 17.8. The molecular formula is C62H84N2O8. The lowest BCUT2D eigenvalue weighted by Gasteiger charge is -2.70. The molecule has 0 aromatic carbocycles. The zero-order valence-electron chi connectivity index (χ0n) is 46.1. The number of primary amides is 2. The maximum Gasteiger partial charge on any atom is 0.514 e. The van der Waals surface area contributed by atoms with Crippen LogP contribution in [0.1, 0.15) is 187 Å². The molecule has 0 aromatic rings. The van der Waals surface area contributed by atoms with E-state index in [1.165, 1.54) is 11.1 Å². The fraction of sp³-hybridized carbons (Fsp3) is 0.661. The van der Waals surface area contributed by atoms with Crippen LogP contribution in [0.25, 0.3) is 0 Å². The van der Waals surface area contributed by atoms with Gasteiger partial charge in [0.1, 0.15) is 0 Å². The van der Waals surface area contributed by atoms with Gasteiger partial charge in [0, 0.05) is 32.8 Å². The van der Waals surface area contributed by atoms with Gasteiger partial charge in [-0.05, 0) is 196 Å². The molecule has 0 aromatic heterocycles. The molecule has 10 rings (SSSR count). The SMILES string of the molecule is CC1=C(O)C(=O)C=C2C1=CC=C1[C@@]2(C)CC[C@@]2(C)[C@@H]3C[C@](C)(C(N)=O)CC[C@]3(C)CC[C@]12C.CC1=C(OC(=O)OC(C)C)C(=O)C=C2C1=CC=C1[C@@]2(C)CC[C@@]2(C)[C@@H]3C[C@](C)(C(N)=O)CC[C@]3(C)CC[C@]12C. The Morgan fingerprint density at radius 3 is 1.39 bits per heavy atom. The van der Waals surface area contributed by atoms with Crippen LogP contribution in [0.3, 0.4) is 0 Å². The molecule has 5 N–H and O–H groups in total. The number of aliphatic hydroxyl groups excluding tert-OH is 1. The number of aliphatic hydroxyl groups is 1. The van der Waals surface area contributed by atoms with Crippen LogP contribution >= 0.6 is 0 Å². The second-order valence-corrected chi connectivity index (χ2v) is 27.4. The highest BCUT2D eigenvalue weighted by molar-refractivity contribution is 6.08. The van der Waals surface area contributed by atoms with Gasteiger partial charge < -0.3 is 26.0 Å². The quantitative estimate of drug-likeness (QED) is 0.233. The van der Waals surface area contributed by atoms with Gasteiger partial charge in [0.05, 0.1) is 6.10 Å². The maximum absolute atomic E-state index is 13.3. The molecule has 0 unspecified atom stereocenters. The Balaban J connectivity index is 0.000000180. The van der Waals surface area contributed by atoms with Crippen molar-refractivity contribution in [3.63, 3.8) is 0 Å². The number of carbonyl (C=O) groups excluding carboxylic acids is 5. The van der Waals surface area contributed by atoms with Crippen LogP contribution in [0, 0.1) is 66.0 Å². The Labute approximate surface area is 429 Å². The molecular weight excluding hydrogens is 901 g/mol. The van der Waals surface area contributed by atoms with E-state index in [0.29, 0.717) is 23.0 Å². The van der Waals surface area contributed by atoms with Crippen molar-refractivity contribution in [2.45, 2.75) is 193 Å². The molecule has 0 heterocycles. The van der Waals surface area contributed by atoms with Crippen molar-refractivity contribution in [3.05, 3.63) is 92.6 Å². The molecule has 72 heavy (non-hydrogen) atoms. The van der Waals surface area contributed by atoms with Gasteiger partial charge in [0.15, 0.2) is 11.5 Å². The maximum atomic E-state index is 13.3. The first kappa shape index (κ1) is 52.1. The lowest BCUT2D eigenvalue weighted by Crippen LogP contribution is -2.62. The summed E-state index contributed by atoms with van der Waals surface area (Å²) in [6.45, 7) is 30.6. The van der Waals surface area contributed by atoms with Crippen molar-refractivity contribution in [1.29, 1.82) is 0 Å². The summed E-state index contributed by atoms with van der Waals surface area (Å²) in [5, 5.41) is 10.3. The van der Waals surface area contributed by atoms with E-state index >= 15 is 0 Å². The highest BCUT2D eigenvalue weighted by atomic mass is 16.7. The van der Waals surface area contributed by atoms with Crippen LogP contribution < -0.4 is 11.5 Å². The van der Waals surface area contributed by atoms with E-state index in [-0.39, 0.29) is 84.3 Å². The summed E-state index contributed by atoms with van der Waals surface area (Å²) in [4.78, 5) is 63.2. The third-order valence-corrected chi connectivity index (χ3v) is 23.4. The fourth-order valence-corrected chi connectivity index (χ4v) is 17.8. The Hall–Kier alpha value is -4.73. The van der Waals surface area contributed by atoms with Crippen molar-refractivity contribution in [2.24, 2.45) is 77.5 Å². The highest BCUT2D eigenvalue weighted by Gasteiger charge is 2.69. The first-order valence-electron chi connectivity index (χ1n) is 27.2.